The number of nitrogens with two attached hydrogens (primary N) is 1. The number of hydrogen-bond acceptors (Lipinski definition) is 3. The van der Waals surface area contributed by atoms with Crippen molar-refractivity contribution in [2.75, 3.05) is 0 Å². The zero-order chi connectivity index (χ0) is 15.4. The Hall–Kier alpha value is -1.33. The second-order valence-electron chi connectivity index (χ2n) is 5.06. The summed E-state index contributed by atoms with van der Waals surface area (Å²) in [5.74, 6) is 0.841. The number of hydrogen-bond donors (Lipinski definition) is 1. The first-order valence-electron chi connectivity index (χ1n) is 7.25. The molecule has 114 valence electrons. The van der Waals surface area contributed by atoms with Gasteiger partial charge in [0.05, 0.1) is 15.9 Å². The summed E-state index contributed by atoms with van der Waals surface area (Å²) >= 11 is 3.60. The van der Waals surface area contributed by atoms with Crippen LogP contribution in [0.1, 0.15) is 43.3 Å². The van der Waals surface area contributed by atoms with Crippen molar-refractivity contribution in [3.05, 3.63) is 45.7 Å². The van der Waals surface area contributed by atoms with Gasteiger partial charge in [0.2, 0.25) is 0 Å². The molecule has 1 atom stereocenters. The van der Waals surface area contributed by atoms with Crippen LogP contribution in [0.2, 0.25) is 0 Å². The van der Waals surface area contributed by atoms with Gasteiger partial charge in [-0.15, -0.1) is 0 Å². The summed E-state index contributed by atoms with van der Waals surface area (Å²) in [6.07, 6.45) is 1.83. The molecule has 0 aliphatic carbocycles. The topological polar surface area (TPSA) is 53.1 Å². The monoisotopic (exact) mass is 351 g/mol. The maximum Gasteiger partial charge on any atom is 0.131 e. The molecule has 2 rings (SSSR count). The minimum Gasteiger partial charge on any atom is -0.487 e. The molecule has 2 aromatic rings. The van der Waals surface area contributed by atoms with Gasteiger partial charge in [0.25, 0.3) is 0 Å². The van der Waals surface area contributed by atoms with Crippen molar-refractivity contribution in [1.29, 1.82) is 0 Å². The van der Waals surface area contributed by atoms with Gasteiger partial charge in [-0.2, -0.15) is 5.10 Å². The van der Waals surface area contributed by atoms with Gasteiger partial charge in [-0.25, -0.2) is 0 Å². The minimum atomic E-state index is 0.0948. The Morgan fingerprint density at radius 2 is 1.95 bits per heavy atom. The second-order valence-corrected chi connectivity index (χ2v) is 5.85. The number of benzene rings is 1. The van der Waals surface area contributed by atoms with Gasteiger partial charge in [-0.05, 0) is 46.5 Å². The van der Waals surface area contributed by atoms with Crippen molar-refractivity contribution in [3.8, 4) is 5.75 Å². The summed E-state index contributed by atoms with van der Waals surface area (Å²) < 4.78 is 8.75. The van der Waals surface area contributed by atoms with Gasteiger partial charge in [-0.1, -0.05) is 26.0 Å². The maximum atomic E-state index is 6.01. The van der Waals surface area contributed by atoms with E-state index in [0.717, 1.165) is 40.0 Å². The summed E-state index contributed by atoms with van der Waals surface area (Å²) in [6, 6.07) is 8.09. The lowest BCUT2D eigenvalue weighted by atomic mass is 10.1. The molecule has 0 bridgehead atoms. The van der Waals surface area contributed by atoms with Gasteiger partial charge in [0.15, 0.2) is 0 Å². The fourth-order valence-corrected chi connectivity index (χ4v) is 2.91. The highest BCUT2D eigenvalue weighted by atomic mass is 79.9. The predicted octanol–water partition coefficient (Wildman–Crippen LogP) is 3.73. The van der Waals surface area contributed by atoms with E-state index >= 15 is 0 Å². The Morgan fingerprint density at radius 1 is 1.29 bits per heavy atom. The van der Waals surface area contributed by atoms with Crippen LogP contribution in [-0.4, -0.2) is 9.78 Å². The van der Waals surface area contributed by atoms with E-state index in [1.807, 2.05) is 36.0 Å². The molecule has 0 aliphatic rings. The summed E-state index contributed by atoms with van der Waals surface area (Å²) in [5, 5.41) is 4.46. The molecular weight excluding hydrogens is 330 g/mol. The number of aromatic nitrogens is 2. The highest BCUT2D eigenvalue weighted by Crippen LogP contribution is 2.24. The molecule has 0 saturated heterocycles. The van der Waals surface area contributed by atoms with Crippen LogP contribution in [0.25, 0.3) is 0 Å². The van der Waals surface area contributed by atoms with Crippen LogP contribution in [0.3, 0.4) is 0 Å². The quantitative estimate of drug-likeness (QED) is 0.862. The molecule has 1 aromatic heterocycles. The van der Waals surface area contributed by atoms with E-state index in [1.54, 1.807) is 0 Å². The molecule has 1 heterocycles. The number of halogens is 1. The molecule has 4 nitrogen and oxygen atoms in total. The Balaban J connectivity index is 2.05. The predicted molar refractivity (Wildman–Crippen MR) is 88.3 cm³/mol. The molecule has 0 fully saturated rings. The molecule has 2 N–H and O–H groups in total. The van der Waals surface area contributed by atoms with E-state index in [2.05, 4.69) is 34.9 Å². The van der Waals surface area contributed by atoms with Crippen molar-refractivity contribution in [3.63, 3.8) is 0 Å². The highest BCUT2D eigenvalue weighted by molar-refractivity contribution is 9.10. The SMILES string of the molecule is CCc1nn(C)c(COc2ccc([C@@H](N)CC)cc2)c1Br. The smallest absolute Gasteiger partial charge is 0.131 e. The third-order valence-corrected chi connectivity index (χ3v) is 4.54. The molecule has 0 unspecified atom stereocenters. The number of aryl methyl sites for hydroxylation is 2. The van der Waals surface area contributed by atoms with Crippen molar-refractivity contribution in [2.24, 2.45) is 12.8 Å². The van der Waals surface area contributed by atoms with Crippen LogP contribution in [0.5, 0.6) is 5.75 Å². The molecule has 0 amide bonds. The standard InChI is InChI=1S/C16H22BrN3O/c1-4-13(18)11-6-8-12(9-7-11)21-10-15-16(17)14(5-2)19-20(15)3/h6-9,13H,4-5,10,18H2,1-3H3/t13-/m0/s1. The molecular formula is C16H22BrN3O. The zero-order valence-corrected chi connectivity index (χ0v) is 14.4. The van der Waals surface area contributed by atoms with Crippen molar-refractivity contribution >= 4 is 15.9 Å². The average molecular weight is 352 g/mol. The molecule has 0 saturated carbocycles. The second kappa shape index (κ2) is 7.09. The summed E-state index contributed by atoms with van der Waals surface area (Å²) in [4.78, 5) is 0. The van der Waals surface area contributed by atoms with E-state index in [0.29, 0.717) is 6.61 Å². The lowest BCUT2D eigenvalue weighted by Gasteiger charge is -2.11. The first-order valence-corrected chi connectivity index (χ1v) is 8.04. The minimum absolute atomic E-state index is 0.0948. The number of rotatable bonds is 6. The lowest BCUT2D eigenvalue weighted by molar-refractivity contribution is 0.294. The summed E-state index contributed by atoms with van der Waals surface area (Å²) in [5.41, 5.74) is 9.25. The van der Waals surface area contributed by atoms with Crippen LogP contribution >= 0.6 is 15.9 Å². The molecule has 0 radical (unpaired) electrons. The third-order valence-electron chi connectivity index (χ3n) is 3.63. The van der Waals surface area contributed by atoms with E-state index < -0.39 is 0 Å². The number of ether oxygens (including phenoxy) is 1. The van der Waals surface area contributed by atoms with Gasteiger partial charge >= 0.3 is 0 Å². The van der Waals surface area contributed by atoms with Crippen LogP contribution in [0.15, 0.2) is 28.7 Å². The summed E-state index contributed by atoms with van der Waals surface area (Å²) in [7, 11) is 1.94. The van der Waals surface area contributed by atoms with Crippen LogP contribution in [0, 0.1) is 0 Å². The van der Waals surface area contributed by atoms with Gasteiger partial charge in [0.1, 0.15) is 12.4 Å². The van der Waals surface area contributed by atoms with E-state index in [-0.39, 0.29) is 6.04 Å². The lowest BCUT2D eigenvalue weighted by Crippen LogP contribution is -2.08. The van der Waals surface area contributed by atoms with Crippen molar-refractivity contribution in [1.82, 2.24) is 9.78 Å². The normalized spacial score (nSPS) is 12.4. The number of nitrogens with zero attached hydrogens (tertiary/aromatic N) is 2. The average Bonchev–Trinajstić information content (AvgIpc) is 2.79. The molecule has 5 heteroatoms. The Bertz CT molecular complexity index is 592. The molecule has 0 spiro atoms. The van der Waals surface area contributed by atoms with E-state index in [9.17, 15) is 0 Å². The Labute approximate surface area is 134 Å². The zero-order valence-electron chi connectivity index (χ0n) is 12.8. The third kappa shape index (κ3) is 3.66. The first kappa shape index (κ1) is 16.0. The van der Waals surface area contributed by atoms with Crippen LogP contribution in [-0.2, 0) is 20.1 Å². The summed E-state index contributed by atoms with van der Waals surface area (Å²) in [6.45, 7) is 4.66. The first-order chi connectivity index (χ1) is 10.1. The van der Waals surface area contributed by atoms with Gasteiger partial charge in [0, 0.05) is 13.1 Å². The largest absolute Gasteiger partial charge is 0.487 e. The van der Waals surface area contributed by atoms with Gasteiger partial charge in [-0.3, -0.25) is 4.68 Å². The molecule has 1 aromatic carbocycles. The van der Waals surface area contributed by atoms with Crippen LogP contribution in [0.4, 0.5) is 0 Å². The maximum absolute atomic E-state index is 6.01. The van der Waals surface area contributed by atoms with Crippen LogP contribution < -0.4 is 10.5 Å². The molecule has 21 heavy (non-hydrogen) atoms. The Morgan fingerprint density at radius 3 is 2.48 bits per heavy atom. The van der Waals surface area contributed by atoms with E-state index in [1.165, 1.54) is 0 Å². The fourth-order valence-electron chi connectivity index (χ4n) is 2.18. The van der Waals surface area contributed by atoms with E-state index in [4.69, 9.17) is 10.5 Å². The van der Waals surface area contributed by atoms with Crippen molar-refractivity contribution in [2.45, 2.75) is 39.3 Å². The Kier molecular flexibility index (Phi) is 5.42. The van der Waals surface area contributed by atoms with Crippen molar-refractivity contribution < 1.29 is 4.74 Å². The van der Waals surface area contributed by atoms with Gasteiger partial charge < -0.3 is 10.5 Å². The fraction of sp³-hybridized carbons (Fsp3) is 0.438. The molecule has 0 aliphatic heterocycles. The highest BCUT2D eigenvalue weighted by Gasteiger charge is 2.13.